The molecule has 2 nitrogen and oxygen atoms in total. The van der Waals surface area contributed by atoms with Crippen LogP contribution < -0.4 is 11.1 Å². The van der Waals surface area contributed by atoms with Crippen molar-refractivity contribution in [1.82, 2.24) is 5.32 Å². The Morgan fingerprint density at radius 3 is 3.08 bits per heavy atom. The first kappa shape index (κ1) is 8.91. The molecule has 1 aromatic rings. The van der Waals surface area contributed by atoms with Crippen molar-refractivity contribution in [1.29, 1.82) is 0 Å². The average Bonchev–Trinajstić information content (AvgIpc) is 2.57. The van der Waals surface area contributed by atoms with Crippen molar-refractivity contribution in [3.05, 3.63) is 24.3 Å². The van der Waals surface area contributed by atoms with E-state index in [1.54, 1.807) is 0 Å². The summed E-state index contributed by atoms with van der Waals surface area (Å²) >= 11 is 1.92. The van der Waals surface area contributed by atoms with Crippen molar-refractivity contribution in [2.24, 2.45) is 0 Å². The van der Waals surface area contributed by atoms with Gasteiger partial charge >= 0.3 is 0 Å². The second kappa shape index (κ2) is 4.03. The standard InChI is InChI=1S/C10H14N2S/c11-8-2-1-3-9(6-8)13-10-4-5-12-7-10/h1-3,6,10,12H,4-5,7,11H2. The summed E-state index contributed by atoms with van der Waals surface area (Å²) in [5, 5.41) is 4.08. The van der Waals surface area contributed by atoms with Crippen molar-refractivity contribution >= 4 is 17.4 Å². The van der Waals surface area contributed by atoms with Gasteiger partial charge in [0.1, 0.15) is 0 Å². The van der Waals surface area contributed by atoms with E-state index >= 15 is 0 Å². The topological polar surface area (TPSA) is 38.0 Å². The molecule has 13 heavy (non-hydrogen) atoms. The molecular weight excluding hydrogens is 180 g/mol. The summed E-state index contributed by atoms with van der Waals surface area (Å²) in [5.41, 5.74) is 6.56. The molecule has 0 aromatic heterocycles. The van der Waals surface area contributed by atoms with Gasteiger partial charge in [-0.25, -0.2) is 0 Å². The minimum absolute atomic E-state index is 0.724. The van der Waals surface area contributed by atoms with Gasteiger partial charge in [0, 0.05) is 22.4 Å². The number of thioether (sulfide) groups is 1. The van der Waals surface area contributed by atoms with Crippen LogP contribution in [0.4, 0.5) is 5.69 Å². The maximum Gasteiger partial charge on any atom is 0.0325 e. The van der Waals surface area contributed by atoms with Crippen LogP contribution in [0.3, 0.4) is 0 Å². The first-order valence-corrected chi connectivity index (χ1v) is 5.45. The molecule has 0 radical (unpaired) electrons. The molecular formula is C10H14N2S. The molecule has 0 aliphatic carbocycles. The zero-order chi connectivity index (χ0) is 9.10. The average molecular weight is 194 g/mol. The molecule has 1 aliphatic rings. The number of hydrogen-bond donors (Lipinski definition) is 2. The molecule has 3 heteroatoms. The van der Waals surface area contributed by atoms with Crippen molar-refractivity contribution in [2.45, 2.75) is 16.6 Å². The molecule has 70 valence electrons. The van der Waals surface area contributed by atoms with Gasteiger partial charge in [-0.15, -0.1) is 11.8 Å². The van der Waals surface area contributed by atoms with Crippen molar-refractivity contribution in [3.8, 4) is 0 Å². The molecule has 0 bridgehead atoms. The zero-order valence-electron chi connectivity index (χ0n) is 7.49. The lowest BCUT2D eigenvalue weighted by molar-refractivity contribution is 0.858. The Bertz CT molecular complexity index is 282. The maximum absolute atomic E-state index is 5.70. The minimum Gasteiger partial charge on any atom is -0.399 e. The van der Waals surface area contributed by atoms with E-state index in [-0.39, 0.29) is 0 Å². The van der Waals surface area contributed by atoms with Gasteiger partial charge in [0.05, 0.1) is 0 Å². The molecule has 2 rings (SSSR count). The summed E-state index contributed by atoms with van der Waals surface area (Å²) in [4.78, 5) is 1.29. The maximum atomic E-state index is 5.70. The third kappa shape index (κ3) is 2.39. The summed E-state index contributed by atoms with van der Waals surface area (Å²) in [5.74, 6) is 0. The Balaban J connectivity index is 2.00. The Kier molecular flexibility index (Phi) is 2.76. The molecule has 1 saturated heterocycles. The lowest BCUT2D eigenvalue weighted by atomic mass is 10.3. The molecule has 1 atom stereocenters. The zero-order valence-corrected chi connectivity index (χ0v) is 8.31. The fourth-order valence-corrected chi connectivity index (χ4v) is 2.69. The van der Waals surface area contributed by atoms with Crippen LogP contribution in [0.2, 0.25) is 0 Å². The fraction of sp³-hybridized carbons (Fsp3) is 0.400. The van der Waals surface area contributed by atoms with Crippen LogP contribution in [-0.2, 0) is 0 Å². The second-order valence-corrected chi connectivity index (χ2v) is 4.68. The highest BCUT2D eigenvalue weighted by Crippen LogP contribution is 2.27. The highest BCUT2D eigenvalue weighted by Gasteiger charge is 2.15. The fourth-order valence-electron chi connectivity index (χ4n) is 1.51. The van der Waals surface area contributed by atoms with Gasteiger partial charge in [0.15, 0.2) is 0 Å². The van der Waals surface area contributed by atoms with Gasteiger partial charge in [0.2, 0.25) is 0 Å². The van der Waals surface area contributed by atoms with Crippen LogP contribution >= 0.6 is 11.8 Å². The molecule has 0 amide bonds. The van der Waals surface area contributed by atoms with Gasteiger partial charge in [-0.3, -0.25) is 0 Å². The number of nitrogens with one attached hydrogen (secondary N) is 1. The van der Waals surface area contributed by atoms with Crippen LogP contribution in [0.1, 0.15) is 6.42 Å². The summed E-state index contributed by atoms with van der Waals surface area (Å²) in [6, 6.07) is 8.11. The molecule has 1 fully saturated rings. The van der Waals surface area contributed by atoms with Gasteiger partial charge in [0.25, 0.3) is 0 Å². The molecule has 3 N–H and O–H groups in total. The summed E-state index contributed by atoms with van der Waals surface area (Å²) in [6.07, 6.45) is 1.26. The van der Waals surface area contributed by atoms with Crippen LogP contribution in [0, 0.1) is 0 Å². The van der Waals surface area contributed by atoms with Crippen molar-refractivity contribution in [2.75, 3.05) is 18.8 Å². The minimum atomic E-state index is 0.724. The number of anilines is 1. The Labute approximate surface area is 82.9 Å². The lowest BCUT2D eigenvalue weighted by Crippen LogP contribution is -2.09. The molecule has 0 saturated carbocycles. The number of nitrogens with two attached hydrogens (primary N) is 1. The van der Waals surface area contributed by atoms with E-state index < -0.39 is 0 Å². The highest BCUT2D eigenvalue weighted by atomic mass is 32.2. The summed E-state index contributed by atoms with van der Waals surface area (Å²) < 4.78 is 0. The van der Waals surface area contributed by atoms with Gasteiger partial charge < -0.3 is 11.1 Å². The Hall–Kier alpha value is -0.670. The molecule has 1 aliphatic heterocycles. The number of nitrogen functional groups attached to an aromatic ring is 1. The predicted molar refractivity (Wildman–Crippen MR) is 58.0 cm³/mol. The predicted octanol–water partition coefficient (Wildman–Crippen LogP) is 1.72. The van der Waals surface area contributed by atoms with Crippen LogP contribution in [0.5, 0.6) is 0 Å². The monoisotopic (exact) mass is 194 g/mol. The Morgan fingerprint density at radius 2 is 2.38 bits per heavy atom. The van der Waals surface area contributed by atoms with E-state index in [0.29, 0.717) is 0 Å². The normalized spacial score (nSPS) is 22.0. The first-order chi connectivity index (χ1) is 6.34. The van der Waals surface area contributed by atoms with Gasteiger partial charge in [-0.05, 0) is 31.2 Å². The van der Waals surface area contributed by atoms with Crippen LogP contribution in [0.25, 0.3) is 0 Å². The summed E-state index contributed by atoms with van der Waals surface area (Å²) in [6.45, 7) is 2.28. The lowest BCUT2D eigenvalue weighted by Gasteiger charge is -2.07. The molecule has 1 heterocycles. The van der Waals surface area contributed by atoms with Gasteiger partial charge in [-0.2, -0.15) is 0 Å². The van der Waals surface area contributed by atoms with E-state index in [2.05, 4.69) is 11.4 Å². The molecule has 0 spiro atoms. The smallest absolute Gasteiger partial charge is 0.0325 e. The third-order valence-corrected chi connectivity index (χ3v) is 3.44. The van der Waals surface area contributed by atoms with E-state index in [4.69, 9.17) is 5.73 Å². The van der Waals surface area contributed by atoms with E-state index in [1.807, 2.05) is 30.0 Å². The number of hydrogen-bond acceptors (Lipinski definition) is 3. The highest BCUT2D eigenvalue weighted by molar-refractivity contribution is 8.00. The number of rotatable bonds is 2. The van der Waals surface area contributed by atoms with Crippen LogP contribution in [-0.4, -0.2) is 18.3 Å². The molecule has 1 aromatic carbocycles. The third-order valence-electron chi connectivity index (χ3n) is 2.18. The SMILES string of the molecule is Nc1cccc(SC2CCNC2)c1. The van der Waals surface area contributed by atoms with E-state index in [9.17, 15) is 0 Å². The van der Waals surface area contributed by atoms with Crippen LogP contribution in [0.15, 0.2) is 29.2 Å². The Morgan fingerprint density at radius 1 is 1.46 bits per heavy atom. The molecule has 1 unspecified atom stereocenters. The van der Waals surface area contributed by atoms with E-state index in [1.165, 1.54) is 11.3 Å². The van der Waals surface area contributed by atoms with Gasteiger partial charge in [-0.1, -0.05) is 6.07 Å². The largest absolute Gasteiger partial charge is 0.399 e. The number of benzene rings is 1. The first-order valence-electron chi connectivity index (χ1n) is 4.57. The van der Waals surface area contributed by atoms with Crippen molar-refractivity contribution < 1.29 is 0 Å². The van der Waals surface area contributed by atoms with E-state index in [0.717, 1.165) is 24.0 Å². The quantitative estimate of drug-likeness (QED) is 0.704. The second-order valence-electron chi connectivity index (χ2n) is 3.31. The summed E-state index contributed by atoms with van der Waals surface area (Å²) in [7, 11) is 0. The van der Waals surface area contributed by atoms with Crippen molar-refractivity contribution in [3.63, 3.8) is 0 Å².